The highest BCUT2D eigenvalue weighted by atomic mass is 17.5. The van der Waals surface area contributed by atoms with E-state index >= 15 is 0 Å². The van der Waals surface area contributed by atoms with E-state index in [0.29, 0.717) is 12.5 Å². The van der Waals surface area contributed by atoms with Crippen molar-refractivity contribution in [2.45, 2.75) is 104 Å². The zero-order chi connectivity index (χ0) is 18.3. The Morgan fingerprint density at radius 1 is 0.875 bits per heavy atom. The fraction of sp³-hybridized carbons (Fsp3) is 0.947. The number of carbonyl (C=O) groups is 1. The zero-order valence-corrected chi connectivity index (χ0v) is 16.4. The van der Waals surface area contributed by atoms with E-state index in [0.717, 1.165) is 25.7 Å². The van der Waals surface area contributed by atoms with Crippen LogP contribution in [-0.2, 0) is 19.6 Å². The minimum absolute atomic E-state index is 0.382. The molecule has 0 rings (SSSR count). The molecular weight excluding hydrogens is 308 g/mol. The normalized spacial score (nSPS) is 12.9. The quantitative estimate of drug-likeness (QED) is 0.158. The van der Waals surface area contributed by atoms with Crippen LogP contribution < -0.4 is 0 Å². The lowest BCUT2D eigenvalue weighted by atomic mass is 9.96. The first kappa shape index (κ1) is 23.2. The molecule has 0 saturated heterocycles. The standard InChI is InChI=1S/C19H38O5/c1-6-8-10-11-12-13-15-17(14-9-7-2)16-21-18(20)22-24-23-19(3,4)5/h17H,6-16H2,1-5H3. The first-order valence-electron chi connectivity index (χ1n) is 9.58. The summed E-state index contributed by atoms with van der Waals surface area (Å²) in [6, 6.07) is 0. The van der Waals surface area contributed by atoms with E-state index in [1.54, 1.807) is 20.8 Å². The SMILES string of the molecule is CCCCCCCCC(CCCC)COC(=O)OOOC(C)(C)C. The molecule has 0 aliphatic heterocycles. The van der Waals surface area contributed by atoms with Crippen molar-refractivity contribution in [1.29, 1.82) is 0 Å². The average molecular weight is 347 g/mol. The number of ether oxygens (including phenoxy) is 1. The van der Waals surface area contributed by atoms with Crippen LogP contribution in [0.5, 0.6) is 0 Å². The van der Waals surface area contributed by atoms with Crippen molar-refractivity contribution < 1.29 is 24.3 Å². The van der Waals surface area contributed by atoms with Crippen molar-refractivity contribution in [2.75, 3.05) is 6.61 Å². The van der Waals surface area contributed by atoms with Gasteiger partial charge in [0.15, 0.2) is 0 Å². The van der Waals surface area contributed by atoms with Crippen LogP contribution in [0, 0.1) is 5.92 Å². The third-order valence-electron chi connectivity index (χ3n) is 3.75. The number of hydrogen-bond donors (Lipinski definition) is 0. The van der Waals surface area contributed by atoms with Crippen molar-refractivity contribution in [1.82, 2.24) is 0 Å². The summed E-state index contributed by atoms with van der Waals surface area (Å²) in [7, 11) is 0. The lowest BCUT2D eigenvalue weighted by Crippen LogP contribution is -2.22. The van der Waals surface area contributed by atoms with Crippen LogP contribution in [0.25, 0.3) is 0 Å². The fourth-order valence-electron chi connectivity index (χ4n) is 2.37. The summed E-state index contributed by atoms with van der Waals surface area (Å²) in [6.45, 7) is 10.2. The van der Waals surface area contributed by atoms with Gasteiger partial charge >= 0.3 is 6.16 Å². The third-order valence-corrected chi connectivity index (χ3v) is 3.75. The van der Waals surface area contributed by atoms with Crippen molar-refractivity contribution in [3.8, 4) is 0 Å². The Labute approximate surface area is 148 Å². The predicted octanol–water partition coefficient (Wildman–Crippen LogP) is 6.36. The molecule has 0 saturated carbocycles. The Morgan fingerprint density at radius 2 is 1.46 bits per heavy atom. The molecule has 0 bridgehead atoms. The second-order valence-corrected chi connectivity index (χ2v) is 7.47. The maximum atomic E-state index is 11.5. The molecule has 144 valence electrons. The third kappa shape index (κ3) is 16.1. The number of rotatable bonds is 14. The molecule has 0 N–H and O–H groups in total. The number of carbonyl (C=O) groups excluding carboxylic acids is 1. The Hall–Kier alpha value is -0.810. The van der Waals surface area contributed by atoms with Gasteiger partial charge in [-0.2, -0.15) is 4.89 Å². The van der Waals surface area contributed by atoms with Gasteiger partial charge in [-0.3, -0.25) is 0 Å². The van der Waals surface area contributed by atoms with Gasteiger partial charge in [-0.05, 0) is 44.6 Å². The summed E-state index contributed by atoms with van der Waals surface area (Å²) in [5.41, 5.74) is -0.540. The van der Waals surface area contributed by atoms with Crippen LogP contribution >= 0.6 is 0 Å². The highest BCUT2D eigenvalue weighted by Gasteiger charge is 2.16. The molecule has 5 heteroatoms. The minimum atomic E-state index is -0.844. The van der Waals surface area contributed by atoms with Crippen molar-refractivity contribution in [3.63, 3.8) is 0 Å². The van der Waals surface area contributed by atoms with E-state index in [1.807, 2.05) is 0 Å². The first-order valence-corrected chi connectivity index (χ1v) is 9.58. The molecule has 0 spiro atoms. The van der Waals surface area contributed by atoms with Gasteiger partial charge in [0.1, 0.15) is 0 Å². The fourth-order valence-corrected chi connectivity index (χ4v) is 2.37. The average Bonchev–Trinajstić information content (AvgIpc) is 2.51. The Morgan fingerprint density at radius 3 is 2.08 bits per heavy atom. The van der Waals surface area contributed by atoms with Crippen LogP contribution in [0.1, 0.15) is 98.8 Å². The molecule has 0 aromatic carbocycles. The van der Waals surface area contributed by atoms with Gasteiger partial charge in [0.05, 0.1) is 12.2 Å². The van der Waals surface area contributed by atoms with Gasteiger partial charge < -0.3 is 4.74 Å². The topological polar surface area (TPSA) is 54.0 Å². The molecule has 1 atom stereocenters. The van der Waals surface area contributed by atoms with Gasteiger partial charge in [0.2, 0.25) is 0 Å². The smallest absolute Gasteiger partial charge is 0.432 e. The van der Waals surface area contributed by atoms with E-state index in [2.05, 4.69) is 23.8 Å². The molecule has 0 aliphatic rings. The van der Waals surface area contributed by atoms with Crippen LogP contribution in [-0.4, -0.2) is 18.4 Å². The number of hydrogen-bond acceptors (Lipinski definition) is 5. The summed E-state index contributed by atoms with van der Waals surface area (Å²) in [5.74, 6) is 0.396. The highest BCUT2D eigenvalue weighted by Crippen LogP contribution is 2.18. The van der Waals surface area contributed by atoms with Crippen LogP contribution in [0.3, 0.4) is 0 Å². The van der Waals surface area contributed by atoms with Crippen molar-refractivity contribution in [2.24, 2.45) is 5.92 Å². The van der Waals surface area contributed by atoms with Crippen molar-refractivity contribution >= 4 is 6.16 Å². The highest BCUT2D eigenvalue weighted by molar-refractivity contribution is 5.58. The largest absolute Gasteiger partial charge is 0.542 e. The van der Waals surface area contributed by atoms with E-state index in [4.69, 9.17) is 9.62 Å². The molecule has 0 aromatic rings. The summed E-state index contributed by atoms with van der Waals surface area (Å²) in [6.07, 6.45) is 11.3. The van der Waals surface area contributed by atoms with Gasteiger partial charge in [-0.1, -0.05) is 65.2 Å². The molecule has 0 aliphatic carbocycles. The summed E-state index contributed by atoms with van der Waals surface area (Å²) in [5, 5.41) is 4.43. The second kappa shape index (κ2) is 14.5. The van der Waals surface area contributed by atoms with Gasteiger partial charge in [0.25, 0.3) is 0 Å². The van der Waals surface area contributed by atoms with E-state index in [1.165, 1.54) is 38.5 Å². The van der Waals surface area contributed by atoms with E-state index < -0.39 is 11.8 Å². The summed E-state index contributed by atoms with van der Waals surface area (Å²) >= 11 is 0. The summed E-state index contributed by atoms with van der Waals surface area (Å²) in [4.78, 5) is 20.8. The van der Waals surface area contributed by atoms with Gasteiger partial charge in [0, 0.05) is 0 Å². The van der Waals surface area contributed by atoms with E-state index in [9.17, 15) is 4.79 Å². The lowest BCUT2D eigenvalue weighted by molar-refractivity contribution is -0.514. The van der Waals surface area contributed by atoms with Crippen LogP contribution in [0.2, 0.25) is 0 Å². The lowest BCUT2D eigenvalue weighted by Gasteiger charge is -2.17. The number of unbranched alkanes of at least 4 members (excludes halogenated alkanes) is 6. The Balaban J connectivity index is 3.89. The summed E-state index contributed by atoms with van der Waals surface area (Å²) < 4.78 is 5.15. The van der Waals surface area contributed by atoms with Crippen LogP contribution in [0.4, 0.5) is 4.79 Å². The van der Waals surface area contributed by atoms with Gasteiger partial charge in [-0.15, -0.1) is 0 Å². The molecule has 0 amide bonds. The molecular formula is C19H38O5. The zero-order valence-electron chi connectivity index (χ0n) is 16.4. The molecule has 24 heavy (non-hydrogen) atoms. The molecule has 0 radical (unpaired) electrons. The molecule has 0 aromatic heterocycles. The van der Waals surface area contributed by atoms with Crippen LogP contribution in [0.15, 0.2) is 0 Å². The molecule has 1 unspecified atom stereocenters. The molecule has 0 fully saturated rings. The second-order valence-electron chi connectivity index (χ2n) is 7.47. The first-order chi connectivity index (χ1) is 11.4. The van der Waals surface area contributed by atoms with E-state index in [-0.39, 0.29) is 0 Å². The predicted molar refractivity (Wildman–Crippen MR) is 95.4 cm³/mol. The maximum Gasteiger partial charge on any atom is 0.542 e. The minimum Gasteiger partial charge on any atom is -0.432 e. The van der Waals surface area contributed by atoms with Gasteiger partial charge in [-0.25, -0.2) is 9.68 Å². The molecule has 5 nitrogen and oxygen atoms in total. The van der Waals surface area contributed by atoms with Crippen molar-refractivity contribution in [3.05, 3.63) is 0 Å². The monoisotopic (exact) mass is 346 g/mol. The Kier molecular flexibility index (Phi) is 14.0. The molecule has 0 heterocycles. The Bertz CT molecular complexity index is 299. The maximum absolute atomic E-state index is 11.5.